The van der Waals surface area contributed by atoms with Gasteiger partial charge in [-0.3, -0.25) is 4.79 Å². The number of ketones is 1. The summed E-state index contributed by atoms with van der Waals surface area (Å²) >= 11 is 0. The summed E-state index contributed by atoms with van der Waals surface area (Å²) in [5.74, 6) is 1.44. The Balaban J connectivity index is 2.20. The van der Waals surface area contributed by atoms with Gasteiger partial charge in [0.05, 0.1) is 11.0 Å². The molecule has 1 aliphatic heterocycles. The van der Waals surface area contributed by atoms with Crippen LogP contribution in [0, 0.1) is 17.3 Å². The van der Waals surface area contributed by atoms with Crippen molar-refractivity contribution in [1.82, 2.24) is 0 Å². The van der Waals surface area contributed by atoms with E-state index >= 15 is 0 Å². The molecule has 82 valence electrons. The largest absolute Gasteiger partial charge is 0.374 e. The lowest BCUT2D eigenvalue weighted by molar-refractivity contribution is -0.158. The molecule has 0 spiro atoms. The van der Waals surface area contributed by atoms with Crippen LogP contribution in [-0.2, 0) is 9.53 Å². The molecule has 0 N–H and O–H groups in total. The van der Waals surface area contributed by atoms with Crippen molar-refractivity contribution in [1.29, 1.82) is 0 Å². The van der Waals surface area contributed by atoms with Gasteiger partial charge < -0.3 is 4.74 Å². The quantitative estimate of drug-likeness (QED) is 0.608. The van der Waals surface area contributed by atoms with Crippen LogP contribution in [-0.4, -0.2) is 18.0 Å². The molecule has 0 aromatic rings. The van der Waals surface area contributed by atoms with Crippen LogP contribution in [0.15, 0.2) is 11.6 Å². The Labute approximate surface area is 90.7 Å². The molecule has 0 aromatic carbocycles. The van der Waals surface area contributed by atoms with Crippen molar-refractivity contribution < 1.29 is 9.53 Å². The summed E-state index contributed by atoms with van der Waals surface area (Å²) in [5.41, 5.74) is 0.456. The summed E-state index contributed by atoms with van der Waals surface area (Å²) in [5, 5.41) is 0. The zero-order chi connectivity index (χ0) is 10.8. The maximum Gasteiger partial charge on any atom is 0.167 e. The normalized spacial score (nSPS) is 53.0. The minimum Gasteiger partial charge on any atom is -0.374 e. The van der Waals surface area contributed by atoms with Gasteiger partial charge in [-0.2, -0.15) is 0 Å². The monoisotopic (exact) mass is 206 g/mol. The highest BCUT2D eigenvalue weighted by Crippen LogP contribution is 2.62. The number of rotatable bonds is 0. The van der Waals surface area contributed by atoms with E-state index in [9.17, 15) is 4.79 Å². The molecular weight excluding hydrogens is 188 g/mol. The average Bonchev–Trinajstić information content (AvgIpc) is 2.31. The lowest BCUT2D eigenvalue weighted by Crippen LogP contribution is -2.54. The van der Waals surface area contributed by atoms with E-state index < -0.39 is 0 Å². The van der Waals surface area contributed by atoms with Gasteiger partial charge in [0.25, 0.3) is 0 Å². The molecule has 2 aliphatic carbocycles. The third-order valence-corrected chi connectivity index (χ3v) is 5.09. The number of hydrogen-bond acceptors (Lipinski definition) is 2. The van der Waals surface area contributed by atoms with Gasteiger partial charge in [-0.25, -0.2) is 0 Å². The van der Waals surface area contributed by atoms with Crippen LogP contribution < -0.4 is 0 Å². The topological polar surface area (TPSA) is 26.3 Å². The van der Waals surface area contributed by atoms with Crippen molar-refractivity contribution in [2.45, 2.75) is 39.2 Å². The molecule has 0 amide bonds. The number of ether oxygens (including phenoxy) is 1. The molecule has 15 heavy (non-hydrogen) atoms. The minimum atomic E-state index is -0.266. The molecule has 1 saturated carbocycles. The zero-order valence-electron chi connectivity index (χ0n) is 9.67. The van der Waals surface area contributed by atoms with Crippen molar-refractivity contribution in [2.75, 3.05) is 6.61 Å². The maximum atomic E-state index is 12.3. The van der Waals surface area contributed by atoms with Crippen LogP contribution in [0.25, 0.3) is 0 Å². The SMILES string of the molecule is CC1=C[C@@H]2[C@@H]3CCO[C@@]2(C)[C@@](C)(C3)C1=O. The number of carbonyl (C=O) groups excluding carboxylic acids is 1. The Morgan fingerprint density at radius 3 is 2.93 bits per heavy atom. The summed E-state index contributed by atoms with van der Waals surface area (Å²) in [7, 11) is 0. The second-order valence-electron chi connectivity index (χ2n) is 5.75. The van der Waals surface area contributed by atoms with Crippen LogP contribution in [0.3, 0.4) is 0 Å². The molecule has 3 rings (SSSR count). The zero-order valence-corrected chi connectivity index (χ0v) is 9.67. The molecule has 0 radical (unpaired) electrons. The van der Waals surface area contributed by atoms with E-state index in [2.05, 4.69) is 19.9 Å². The molecule has 0 unspecified atom stereocenters. The van der Waals surface area contributed by atoms with Gasteiger partial charge in [-0.05, 0) is 45.1 Å². The van der Waals surface area contributed by atoms with E-state index in [0.717, 1.165) is 25.0 Å². The summed E-state index contributed by atoms with van der Waals surface area (Å²) in [4.78, 5) is 12.3. The summed E-state index contributed by atoms with van der Waals surface area (Å²) in [6.07, 6.45) is 4.30. The Kier molecular flexibility index (Phi) is 1.62. The first kappa shape index (κ1) is 9.59. The molecule has 2 fully saturated rings. The van der Waals surface area contributed by atoms with E-state index in [1.54, 1.807) is 0 Å². The van der Waals surface area contributed by atoms with Crippen LogP contribution in [0.5, 0.6) is 0 Å². The highest BCUT2D eigenvalue weighted by Gasteiger charge is 2.66. The molecule has 4 bridgehead atoms. The predicted molar refractivity (Wildman–Crippen MR) is 57.4 cm³/mol. The van der Waals surface area contributed by atoms with Gasteiger partial charge in [0.15, 0.2) is 5.78 Å². The molecular formula is C13H18O2. The second-order valence-corrected chi connectivity index (χ2v) is 5.75. The third-order valence-electron chi connectivity index (χ3n) is 5.09. The molecule has 2 heteroatoms. The van der Waals surface area contributed by atoms with Crippen molar-refractivity contribution in [2.24, 2.45) is 17.3 Å². The van der Waals surface area contributed by atoms with Crippen molar-refractivity contribution >= 4 is 5.78 Å². The fourth-order valence-electron chi connectivity index (χ4n) is 4.02. The van der Waals surface area contributed by atoms with E-state index in [4.69, 9.17) is 4.74 Å². The van der Waals surface area contributed by atoms with Crippen LogP contribution in [0.1, 0.15) is 33.6 Å². The Hall–Kier alpha value is -0.630. The number of allylic oxidation sites excluding steroid dienone is 1. The lowest BCUT2D eigenvalue weighted by Gasteiger charge is -2.47. The van der Waals surface area contributed by atoms with Crippen molar-refractivity contribution in [3.05, 3.63) is 11.6 Å². The van der Waals surface area contributed by atoms with E-state index in [1.165, 1.54) is 0 Å². The third kappa shape index (κ3) is 0.878. The minimum absolute atomic E-state index is 0.230. The van der Waals surface area contributed by atoms with Gasteiger partial charge in [0, 0.05) is 12.5 Å². The number of Topliss-reactive ketones (excluding diaryl/α,β-unsaturated/α-hetero) is 1. The van der Waals surface area contributed by atoms with Crippen molar-refractivity contribution in [3.8, 4) is 0 Å². The molecule has 1 saturated heterocycles. The molecule has 3 aliphatic rings. The van der Waals surface area contributed by atoms with Gasteiger partial charge in [0.2, 0.25) is 0 Å². The Morgan fingerprint density at radius 2 is 2.20 bits per heavy atom. The highest BCUT2D eigenvalue weighted by atomic mass is 16.5. The Bertz CT molecular complexity index is 371. The lowest BCUT2D eigenvalue weighted by atomic mass is 9.65. The highest BCUT2D eigenvalue weighted by molar-refractivity contribution is 6.01. The van der Waals surface area contributed by atoms with Gasteiger partial charge in [0.1, 0.15) is 0 Å². The maximum absolute atomic E-state index is 12.3. The average molecular weight is 206 g/mol. The molecule has 2 nitrogen and oxygen atoms in total. The van der Waals surface area contributed by atoms with E-state index in [-0.39, 0.29) is 11.0 Å². The first-order chi connectivity index (χ1) is 6.99. The van der Waals surface area contributed by atoms with Gasteiger partial charge in [-0.1, -0.05) is 6.08 Å². The van der Waals surface area contributed by atoms with Crippen molar-refractivity contribution in [3.63, 3.8) is 0 Å². The number of hydrogen-bond donors (Lipinski definition) is 0. The van der Waals surface area contributed by atoms with Crippen LogP contribution in [0.4, 0.5) is 0 Å². The van der Waals surface area contributed by atoms with Gasteiger partial charge >= 0.3 is 0 Å². The van der Waals surface area contributed by atoms with Crippen LogP contribution >= 0.6 is 0 Å². The standard InChI is InChI=1S/C13H18O2/c1-8-6-10-9-4-5-15-13(10,3)12(2,7-9)11(8)14/h6,9-10H,4-5,7H2,1-3H3/t9-,10-,12+,13-/m1/s1. The van der Waals surface area contributed by atoms with E-state index in [0.29, 0.717) is 17.6 Å². The summed E-state index contributed by atoms with van der Waals surface area (Å²) in [6.45, 7) is 7.02. The second kappa shape index (κ2) is 2.54. The van der Waals surface area contributed by atoms with Crippen LogP contribution in [0.2, 0.25) is 0 Å². The number of carbonyl (C=O) groups is 1. The smallest absolute Gasteiger partial charge is 0.167 e. The summed E-state index contributed by atoms with van der Waals surface area (Å²) < 4.78 is 5.98. The predicted octanol–water partition coefficient (Wildman–Crippen LogP) is 2.34. The first-order valence-electron chi connectivity index (χ1n) is 5.86. The Morgan fingerprint density at radius 1 is 1.47 bits per heavy atom. The summed E-state index contributed by atoms with van der Waals surface area (Å²) in [6, 6.07) is 0. The van der Waals surface area contributed by atoms with E-state index in [1.807, 2.05) is 6.92 Å². The molecule has 1 heterocycles. The first-order valence-corrected chi connectivity index (χ1v) is 5.86. The molecule has 0 aromatic heterocycles. The van der Waals surface area contributed by atoms with Gasteiger partial charge in [-0.15, -0.1) is 0 Å². The fourth-order valence-corrected chi connectivity index (χ4v) is 4.02. The molecule has 4 atom stereocenters. The fraction of sp³-hybridized carbons (Fsp3) is 0.769.